The molecule has 0 saturated carbocycles. The fraction of sp³-hybridized carbons (Fsp3) is 0.316. The van der Waals surface area contributed by atoms with Crippen LogP contribution >= 0.6 is 0 Å². The van der Waals surface area contributed by atoms with E-state index in [-0.39, 0.29) is 12.7 Å². The fourth-order valence-electron chi connectivity index (χ4n) is 3.03. The van der Waals surface area contributed by atoms with Crippen LogP contribution < -0.4 is 10.2 Å². The SMILES string of the molecule is COC(=O)N1CCCc2cc(Nc3ccc(CCO)cc3)ccc21. The quantitative estimate of drug-likeness (QED) is 0.903. The first-order chi connectivity index (χ1) is 11.7. The molecule has 0 fully saturated rings. The third kappa shape index (κ3) is 3.51. The number of methoxy groups -OCH3 is 1. The van der Waals surface area contributed by atoms with Gasteiger partial charge in [-0.25, -0.2) is 4.79 Å². The number of rotatable bonds is 4. The van der Waals surface area contributed by atoms with Gasteiger partial charge in [-0.2, -0.15) is 0 Å². The minimum atomic E-state index is -0.309. The summed E-state index contributed by atoms with van der Waals surface area (Å²) in [5.74, 6) is 0. The largest absolute Gasteiger partial charge is 0.452 e. The van der Waals surface area contributed by atoms with Gasteiger partial charge in [-0.3, -0.25) is 4.90 Å². The number of fused-ring (bicyclic) bond motifs is 1. The van der Waals surface area contributed by atoms with Crippen LogP contribution in [0.1, 0.15) is 17.5 Å². The number of aliphatic hydroxyl groups excluding tert-OH is 1. The number of carbonyl (C=O) groups excluding carboxylic acids is 1. The minimum absolute atomic E-state index is 0.161. The van der Waals surface area contributed by atoms with E-state index in [0.717, 1.165) is 41.0 Å². The van der Waals surface area contributed by atoms with Crippen molar-refractivity contribution in [3.8, 4) is 0 Å². The van der Waals surface area contributed by atoms with E-state index in [0.29, 0.717) is 13.0 Å². The van der Waals surface area contributed by atoms with E-state index in [1.165, 1.54) is 7.11 Å². The Kier molecular flexibility index (Phi) is 5.01. The summed E-state index contributed by atoms with van der Waals surface area (Å²) in [6, 6.07) is 14.1. The van der Waals surface area contributed by atoms with Crippen molar-refractivity contribution in [2.75, 3.05) is 30.5 Å². The molecule has 0 aromatic heterocycles. The van der Waals surface area contributed by atoms with Crippen molar-refractivity contribution < 1.29 is 14.6 Å². The van der Waals surface area contributed by atoms with Crippen LogP contribution in [0.3, 0.4) is 0 Å². The molecule has 0 aliphatic carbocycles. The van der Waals surface area contributed by atoms with Crippen LogP contribution in [-0.4, -0.2) is 31.5 Å². The highest BCUT2D eigenvalue weighted by atomic mass is 16.5. The highest BCUT2D eigenvalue weighted by Gasteiger charge is 2.23. The maximum absolute atomic E-state index is 11.9. The van der Waals surface area contributed by atoms with Crippen LogP contribution in [0.15, 0.2) is 42.5 Å². The molecule has 0 unspecified atom stereocenters. The van der Waals surface area contributed by atoms with Gasteiger partial charge < -0.3 is 15.2 Å². The van der Waals surface area contributed by atoms with E-state index in [9.17, 15) is 4.79 Å². The van der Waals surface area contributed by atoms with Crippen LogP contribution in [-0.2, 0) is 17.6 Å². The van der Waals surface area contributed by atoms with E-state index in [1.54, 1.807) is 4.90 Å². The van der Waals surface area contributed by atoms with E-state index >= 15 is 0 Å². The van der Waals surface area contributed by atoms with Crippen molar-refractivity contribution in [1.82, 2.24) is 0 Å². The van der Waals surface area contributed by atoms with Crippen molar-refractivity contribution in [2.45, 2.75) is 19.3 Å². The summed E-state index contributed by atoms with van der Waals surface area (Å²) < 4.78 is 4.86. The van der Waals surface area contributed by atoms with Crippen molar-refractivity contribution in [3.63, 3.8) is 0 Å². The van der Waals surface area contributed by atoms with Crippen LogP contribution in [0.25, 0.3) is 0 Å². The molecule has 2 aromatic carbocycles. The van der Waals surface area contributed by atoms with E-state index < -0.39 is 0 Å². The molecule has 0 atom stereocenters. The second-order valence-corrected chi connectivity index (χ2v) is 5.86. The molecule has 0 bridgehead atoms. The van der Waals surface area contributed by atoms with Crippen LogP contribution in [0, 0.1) is 0 Å². The van der Waals surface area contributed by atoms with Crippen molar-refractivity contribution >= 4 is 23.2 Å². The Labute approximate surface area is 141 Å². The van der Waals surface area contributed by atoms with Crippen LogP contribution in [0.5, 0.6) is 0 Å². The summed E-state index contributed by atoms with van der Waals surface area (Å²) in [5, 5.41) is 12.3. The molecule has 2 N–H and O–H groups in total. The number of hydrogen-bond donors (Lipinski definition) is 2. The number of benzene rings is 2. The van der Waals surface area contributed by atoms with Gasteiger partial charge in [0.1, 0.15) is 0 Å². The van der Waals surface area contributed by atoms with Gasteiger partial charge in [-0.1, -0.05) is 12.1 Å². The zero-order valence-electron chi connectivity index (χ0n) is 13.8. The molecular formula is C19H22N2O3. The molecule has 1 heterocycles. The molecule has 126 valence electrons. The Morgan fingerprint density at radius 2 is 1.96 bits per heavy atom. The summed E-state index contributed by atoms with van der Waals surface area (Å²) in [4.78, 5) is 13.5. The first kappa shape index (κ1) is 16.3. The minimum Gasteiger partial charge on any atom is -0.452 e. The lowest BCUT2D eigenvalue weighted by Gasteiger charge is -2.28. The van der Waals surface area contributed by atoms with Gasteiger partial charge in [0.2, 0.25) is 0 Å². The lowest BCUT2D eigenvalue weighted by atomic mass is 10.0. The third-order valence-corrected chi connectivity index (χ3v) is 4.24. The third-order valence-electron chi connectivity index (χ3n) is 4.24. The summed E-state index contributed by atoms with van der Waals surface area (Å²) in [7, 11) is 1.41. The molecule has 1 aliphatic heterocycles. The topological polar surface area (TPSA) is 61.8 Å². The van der Waals surface area contributed by atoms with Crippen LogP contribution in [0.2, 0.25) is 0 Å². The zero-order chi connectivity index (χ0) is 16.9. The molecule has 1 aliphatic rings. The maximum Gasteiger partial charge on any atom is 0.414 e. The van der Waals surface area contributed by atoms with Gasteiger partial charge in [-0.15, -0.1) is 0 Å². The number of anilines is 3. The second kappa shape index (κ2) is 7.36. The first-order valence-electron chi connectivity index (χ1n) is 8.16. The lowest BCUT2D eigenvalue weighted by Crippen LogP contribution is -2.35. The number of nitrogens with one attached hydrogen (secondary N) is 1. The predicted octanol–water partition coefficient (Wildman–Crippen LogP) is 3.48. The molecule has 3 rings (SSSR count). The van der Waals surface area contributed by atoms with Gasteiger partial charge >= 0.3 is 6.09 Å². The molecule has 0 saturated heterocycles. The molecule has 1 amide bonds. The number of carbonyl (C=O) groups is 1. The Morgan fingerprint density at radius 1 is 1.21 bits per heavy atom. The van der Waals surface area contributed by atoms with Crippen molar-refractivity contribution in [2.24, 2.45) is 0 Å². The van der Waals surface area contributed by atoms with E-state index in [1.807, 2.05) is 36.4 Å². The Bertz CT molecular complexity index is 713. The monoisotopic (exact) mass is 326 g/mol. The normalized spacial score (nSPS) is 13.3. The zero-order valence-corrected chi connectivity index (χ0v) is 13.8. The van der Waals surface area contributed by atoms with Gasteiger partial charge in [0.05, 0.1) is 12.8 Å². The molecule has 0 spiro atoms. The number of amides is 1. The van der Waals surface area contributed by atoms with E-state index in [4.69, 9.17) is 9.84 Å². The highest BCUT2D eigenvalue weighted by Crippen LogP contribution is 2.31. The Balaban J connectivity index is 1.77. The molecule has 5 heteroatoms. The smallest absolute Gasteiger partial charge is 0.414 e. The number of ether oxygens (including phenoxy) is 1. The molecular weight excluding hydrogens is 304 g/mol. The fourth-order valence-corrected chi connectivity index (χ4v) is 3.03. The number of nitrogens with zero attached hydrogens (tertiary/aromatic N) is 1. The second-order valence-electron chi connectivity index (χ2n) is 5.86. The maximum atomic E-state index is 11.9. The van der Waals surface area contributed by atoms with Gasteiger partial charge in [0.25, 0.3) is 0 Å². The van der Waals surface area contributed by atoms with Crippen LogP contribution in [0.4, 0.5) is 21.9 Å². The number of hydrogen-bond acceptors (Lipinski definition) is 4. The average molecular weight is 326 g/mol. The van der Waals surface area contributed by atoms with Gasteiger partial charge in [0, 0.05) is 24.5 Å². The molecule has 0 radical (unpaired) electrons. The standard InChI is InChI=1S/C19H22N2O3/c1-24-19(23)21-11-2-3-15-13-17(8-9-18(15)21)20-16-6-4-14(5-7-16)10-12-22/h4-9,13,20,22H,2-3,10-12H2,1H3. The van der Waals surface area contributed by atoms with Crippen molar-refractivity contribution in [3.05, 3.63) is 53.6 Å². The van der Waals surface area contributed by atoms with Crippen molar-refractivity contribution in [1.29, 1.82) is 0 Å². The Hall–Kier alpha value is -2.53. The van der Waals surface area contributed by atoms with Gasteiger partial charge in [-0.05, 0) is 60.7 Å². The molecule has 5 nitrogen and oxygen atoms in total. The lowest BCUT2D eigenvalue weighted by molar-refractivity contribution is 0.178. The molecule has 24 heavy (non-hydrogen) atoms. The Morgan fingerprint density at radius 3 is 2.67 bits per heavy atom. The first-order valence-corrected chi connectivity index (χ1v) is 8.16. The predicted molar refractivity (Wildman–Crippen MR) is 95.0 cm³/mol. The van der Waals surface area contributed by atoms with Gasteiger partial charge in [0.15, 0.2) is 0 Å². The summed E-state index contributed by atoms with van der Waals surface area (Å²) >= 11 is 0. The number of aryl methyl sites for hydroxylation is 1. The summed E-state index contributed by atoms with van der Waals surface area (Å²) in [6.07, 6.45) is 2.24. The highest BCUT2D eigenvalue weighted by molar-refractivity contribution is 5.89. The summed E-state index contributed by atoms with van der Waals surface area (Å²) in [5.41, 5.74) is 5.18. The number of aliphatic hydroxyl groups is 1. The van der Waals surface area contributed by atoms with E-state index in [2.05, 4.69) is 11.4 Å². The molecule has 2 aromatic rings. The summed E-state index contributed by atoms with van der Waals surface area (Å²) in [6.45, 7) is 0.854. The average Bonchev–Trinajstić information content (AvgIpc) is 2.62.